The van der Waals surface area contributed by atoms with Gasteiger partial charge in [-0.15, -0.1) is 0 Å². The molecule has 0 saturated carbocycles. The Bertz CT molecular complexity index is 638. The second-order valence-electron chi connectivity index (χ2n) is 4.47. The van der Waals surface area contributed by atoms with E-state index in [1.165, 1.54) is 5.56 Å². The topological polar surface area (TPSA) is 58.6 Å². The Morgan fingerprint density at radius 2 is 2.33 bits per heavy atom. The summed E-state index contributed by atoms with van der Waals surface area (Å²) in [6.07, 6.45) is 4.78. The predicted molar refractivity (Wildman–Crippen MR) is 68.9 cm³/mol. The molecule has 2 heterocycles. The van der Waals surface area contributed by atoms with E-state index in [0.717, 1.165) is 25.0 Å². The van der Waals surface area contributed by atoms with Crippen molar-refractivity contribution >= 4 is 11.6 Å². The Morgan fingerprint density at radius 1 is 1.44 bits per heavy atom. The zero-order valence-electron chi connectivity index (χ0n) is 9.69. The van der Waals surface area contributed by atoms with Gasteiger partial charge in [0.05, 0.1) is 5.69 Å². The summed E-state index contributed by atoms with van der Waals surface area (Å²) in [4.78, 5) is 16.3. The van der Waals surface area contributed by atoms with E-state index < -0.39 is 0 Å². The zero-order valence-corrected chi connectivity index (χ0v) is 10.4. The van der Waals surface area contributed by atoms with Gasteiger partial charge >= 0.3 is 0 Å². The van der Waals surface area contributed by atoms with Gasteiger partial charge in [0.15, 0.2) is 0 Å². The van der Waals surface area contributed by atoms with Crippen LogP contribution in [0, 0.1) is 0 Å². The molecule has 0 spiro atoms. The van der Waals surface area contributed by atoms with Crippen LogP contribution >= 0.6 is 11.6 Å². The standard InChI is InChI=1S/C13H12ClN3O/c14-11-7-10(13(18)17-16-11)9-5-1-3-8-4-2-6-15-12(8)9/h2,4,6-7,9H,1,3,5H2,(H,17,18). The largest absolute Gasteiger partial charge is 0.268 e. The summed E-state index contributed by atoms with van der Waals surface area (Å²) in [6.45, 7) is 0. The van der Waals surface area contributed by atoms with Crippen molar-refractivity contribution in [3.8, 4) is 0 Å². The Labute approximate surface area is 109 Å². The molecule has 4 nitrogen and oxygen atoms in total. The lowest BCUT2D eigenvalue weighted by Gasteiger charge is -2.23. The number of rotatable bonds is 1. The molecule has 1 aliphatic rings. The molecule has 2 aromatic rings. The highest BCUT2D eigenvalue weighted by Gasteiger charge is 2.25. The molecule has 1 aliphatic carbocycles. The van der Waals surface area contributed by atoms with Crippen LogP contribution in [0.25, 0.3) is 0 Å². The van der Waals surface area contributed by atoms with Gasteiger partial charge in [-0.2, -0.15) is 5.10 Å². The summed E-state index contributed by atoms with van der Waals surface area (Å²) in [6, 6.07) is 5.66. The maximum Gasteiger partial charge on any atom is 0.268 e. The van der Waals surface area contributed by atoms with Crippen molar-refractivity contribution in [1.82, 2.24) is 15.2 Å². The fourth-order valence-electron chi connectivity index (χ4n) is 2.57. The molecule has 1 atom stereocenters. The predicted octanol–water partition coefficient (Wildman–Crippen LogP) is 2.29. The van der Waals surface area contributed by atoms with Crippen LogP contribution in [0.15, 0.2) is 29.2 Å². The van der Waals surface area contributed by atoms with Crippen LogP contribution in [0.2, 0.25) is 5.15 Å². The van der Waals surface area contributed by atoms with E-state index >= 15 is 0 Å². The summed E-state index contributed by atoms with van der Waals surface area (Å²) in [5.74, 6) is 0.0270. The van der Waals surface area contributed by atoms with Gasteiger partial charge in [0.2, 0.25) is 0 Å². The Hall–Kier alpha value is -1.68. The highest BCUT2D eigenvalue weighted by molar-refractivity contribution is 6.29. The fourth-order valence-corrected chi connectivity index (χ4v) is 2.73. The van der Waals surface area contributed by atoms with Gasteiger partial charge in [0, 0.05) is 17.7 Å². The van der Waals surface area contributed by atoms with Crippen molar-refractivity contribution in [2.75, 3.05) is 0 Å². The molecular weight excluding hydrogens is 250 g/mol. The van der Waals surface area contributed by atoms with Crippen molar-refractivity contribution in [3.63, 3.8) is 0 Å². The third-order valence-electron chi connectivity index (χ3n) is 3.37. The van der Waals surface area contributed by atoms with Crippen LogP contribution in [-0.4, -0.2) is 15.2 Å². The Morgan fingerprint density at radius 3 is 3.22 bits per heavy atom. The molecule has 18 heavy (non-hydrogen) atoms. The van der Waals surface area contributed by atoms with Crippen molar-refractivity contribution in [1.29, 1.82) is 0 Å². The molecule has 0 aromatic carbocycles. The number of halogens is 1. The van der Waals surface area contributed by atoms with Gasteiger partial charge in [-0.05, 0) is 37.0 Å². The number of aromatic nitrogens is 3. The lowest BCUT2D eigenvalue weighted by atomic mass is 9.83. The molecule has 0 saturated heterocycles. The van der Waals surface area contributed by atoms with Crippen LogP contribution in [0.1, 0.15) is 35.6 Å². The van der Waals surface area contributed by atoms with E-state index in [1.807, 2.05) is 6.07 Å². The van der Waals surface area contributed by atoms with Crippen LogP contribution in [0.3, 0.4) is 0 Å². The molecule has 1 unspecified atom stereocenters. The van der Waals surface area contributed by atoms with E-state index in [2.05, 4.69) is 21.2 Å². The second-order valence-corrected chi connectivity index (χ2v) is 4.85. The number of nitrogens with one attached hydrogen (secondary N) is 1. The van der Waals surface area contributed by atoms with E-state index in [9.17, 15) is 4.79 Å². The SMILES string of the molecule is O=c1[nH]nc(Cl)cc1C1CCCc2cccnc21. The molecule has 2 aromatic heterocycles. The minimum atomic E-state index is -0.178. The normalized spacial score (nSPS) is 18.4. The number of aromatic amines is 1. The summed E-state index contributed by atoms with van der Waals surface area (Å²) >= 11 is 5.86. The Balaban J connectivity index is 2.14. The minimum Gasteiger partial charge on any atom is -0.268 e. The highest BCUT2D eigenvalue weighted by atomic mass is 35.5. The lowest BCUT2D eigenvalue weighted by molar-refractivity contribution is 0.592. The first-order valence-corrected chi connectivity index (χ1v) is 6.32. The second kappa shape index (κ2) is 4.53. The molecule has 0 amide bonds. The number of nitrogens with zero attached hydrogens (tertiary/aromatic N) is 2. The van der Waals surface area contributed by atoms with Crippen molar-refractivity contribution in [2.24, 2.45) is 0 Å². The summed E-state index contributed by atoms with van der Waals surface area (Å²) in [7, 11) is 0. The minimum absolute atomic E-state index is 0.0270. The van der Waals surface area contributed by atoms with Crippen molar-refractivity contribution in [2.45, 2.75) is 25.2 Å². The van der Waals surface area contributed by atoms with E-state index in [4.69, 9.17) is 11.6 Å². The number of aryl methyl sites for hydroxylation is 1. The van der Waals surface area contributed by atoms with Crippen LogP contribution < -0.4 is 5.56 Å². The molecule has 0 fully saturated rings. The molecule has 92 valence electrons. The maximum atomic E-state index is 11.9. The van der Waals surface area contributed by atoms with Crippen LogP contribution in [0.5, 0.6) is 0 Å². The summed E-state index contributed by atoms with van der Waals surface area (Å²) in [5.41, 5.74) is 2.70. The summed E-state index contributed by atoms with van der Waals surface area (Å²) < 4.78 is 0. The summed E-state index contributed by atoms with van der Waals surface area (Å²) in [5, 5.41) is 6.44. The van der Waals surface area contributed by atoms with Gasteiger partial charge in [-0.1, -0.05) is 17.7 Å². The van der Waals surface area contributed by atoms with Crippen LogP contribution in [0.4, 0.5) is 0 Å². The average Bonchev–Trinajstić information content (AvgIpc) is 2.41. The first-order valence-electron chi connectivity index (χ1n) is 5.94. The molecular formula is C13H12ClN3O. The van der Waals surface area contributed by atoms with Gasteiger partial charge in [-0.3, -0.25) is 9.78 Å². The quantitative estimate of drug-likeness (QED) is 0.857. The van der Waals surface area contributed by atoms with Gasteiger partial charge in [0.1, 0.15) is 5.15 Å². The van der Waals surface area contributed by atoms with Crippen LogP contribution in [-0.2, 0) is 6.42 Å². The number of hydrogen-bond donors (Lipinski definition) is 1. The van der Waals surface area contributed by atoms with E-state index in [1.54, 1.807) is 12.3 Å². The van der Waals surface area contributed by atoms with Gasteiger partial charge in [0.25, 0.3) is 5.56 Å². The van der Waals surface area contributed by atoms with E-state index in [-0.39, 0.29) is 11.5 Å². The number of pyridine rings is 1. The third-order valence-corrected chi connectivity index (χ3v) is 3.57. The van der Waals surface area contributed by atoms with E-state index in [0.29, 0.717) is 10.7 Å². The smallest absolute Gasteiger partial charge is 0.268 e. The van der Waals surface area contributed by atoms with Gasteiger partial charge in [-0.25, -0.2) is 5.10 Å². The number of hydrogen-bond acceptors (Lipinski definition) is 3. The molecule has 0 aliphatic heterocycles. The lowest BCUT2D eigenvalue weighted by Crippen LogP contribution is -2.22. The fraction of sp³-hybridized carbons (Fsp3) is 0.308. The zero-order chi connectivity index (χ0) is 12.5. The molecule has 0 radical (unpaired) electrons. The number of H-pyrrole nitrogens is 1. The Kier molecular flexibility index (Phi) is 2.88. The molecule has 3 rings (SSSR count). The molecule has 5 heteroatoms. The van der Waals surface area contributed by atoms with Crippen molar-refractivity contribution < 1.29 is 0 Å². The average molecular weight is 262 g/mol. The molecule has 0 bridgehead atoms. The van der Waals surface area contributed by atoms with Crippen molar-refractivity contribution in [3.05, 3.63) is 56.7 Å². The first-order chi connectivity index (χ1) is 8.75. The van der Waals surface area contributed by atoms with Gasteiger partial charge < -0.3 is 0 Å². The highest BCUT2D eigenvalue weighted by Crippen LogP contribution is 2.33. The number of fused-ring (bicyclic) bond motifs is 1. The maximum absolute atomic E-state index is 11.9. The monoisotopic (exact) mass is 261 g/mol. The first kappa shape index (κ1) is 11.4. The molecule has 1 N–H and O–H groups in total. The third kappa shape index (κ3) is 1.93.